The van der Waals surface area contributed by atoms with Gasteiger partial charge in [0.1, 0.15) is 0 Å². The highest BCUT2D eigenvalue weighted by Crippen LogP contribution is 2.21. The molecule has 1 unspecified atom stereocenters. The maximum absolute atomic E-state index is 11.6. The fraction of sp³-hybridized carbons (Fsp3) is 0.417. The van der Waals surface area contributed by atoms with Crippen molar-refractivity contribution in [2.45, 2.75) is 19.5 Å². The first-order valence-electron chi connectivity index (χ1n) is 5.70. The Hall–Kier alpha value is -1.66. The average molecular weight is 286 g/mol. The maximum Gasteiger partial charge on any atom is 0.269 e. The number of benzene rings is 1. The highest BCUT2D eigenvalue weighted by molar-refractivity contribution is 6.31. The summed E-state index contributed by atoms with van der Waals surface area (Å²) in [7, 11) is 3.34. The number of non-ortho nitro benzene ring substituents is 1. The average Bonchev–Trinajstić information content (AvgIpc) is 2.35. The molecule has 1 atom stereocenters. The van der Waals surface area contributed by atoms with Gasteiger partial charge >= 0.3 is 0 Å². The molecule has 0 spiro atoms. The molecule has 0 aliphatic carbocycles. The fourth-order valence-electron chi connectivity index (χ4n) is 1.55. The Labute approximate surface area is 116 Å². The van der Waals surface area contributed by atoms with Crippen molar-refractivity contribution in [3.63, 3.8) is 0 Å². The number of hydrogen-bond donors (Lipinski definition) is 1. The minimum atomic E-state index is -0.478. The van der Waals surface area contributed by atoms with Crippen molar-refractivity contribution in [3.8, 4) is 0 Å². The Kier molecular flexibility index (Phi) is 5.26. The molecule has 0 heterocycles. The van der Waals surface area contributed by atoms with Crippen LogP contribution in [0.2, 0.25) is 5.02 Å². The zero-order chi connectivity index (χ0) is 14.6. The first-order chi connectivity index (χ1) is 8.82. The van der Waals surface area contributed by atoms with Crippen LogP contribution in [0.1, 0.15) is 12.5 Å². The predicted octanol–water partition coefficient (Wildman–Crippen LogP) is 1.81. The molecule has 0 fully saturated rings. The summed E-state index contributed by atoms with van der Waals surface area (Å²) in [5.41, 5.74) is 0.571. The van der Waals surface area contributed by atoms with Crippen LogP contribution in [-0.4, -0.2) is 35.9 Å². The number of hydrogen-bond acceptors (Lipinski definition) is 4. The van der Waals surface area contributed by atoms with E-state index in [0.29, 0.717) is 17.1 Å². The van der Waals surface area contributed by atoms with Gasteiger partial charge in [0.25, 0.3) is 5.69 Å². The summed E-state index contributed by atoms with van der Waals surface area (Å²) in [5.74, 6) is -0.0680. The van der Waals surface area contributed by atoms with Crippen LogP contribution in [-0.2, 0) is 11.3 Å². The molecule has 104 valence electrons. The minimum absolute atomic E-state index is 0.0206. The second-order valence-corrected chi connectivity index (χ2v) is 4.78. The van der Waals surface area contributed by atoms with Crippen LogP contribution in [0, 0.1) is 10.1 Å². The summed E-state index contributed by atoms with van der Waals surface area (Å²) in [6, 6.07) is 3.85. The van der Waals surface area contributed by atoms with E-state index in [9.17, 15) is 14.9 Å². The largest absolute Gasteiger partial charge is 0.347 e. The standard InChI is InChI=1S/C12H16ClN3O3/c1-8(12(17)15(2)3)14-7-9-6-10(16(18)19)4-5-11(9)13/h4-6,8,14H,7H2,1-3H3. The predicted molar refractivity (Wildman–Crippen MR) is 73.1 cm³/mol. The summed E-state index contributed by atoms with van der Waals surface area (Å²) in [4.78, 5) is 23.3. The van der Waals surface area contributed by atoms with Crippen molar-refractivity contribution in [1.82, 2.24) is 10.2 Å². The summed E-state index contributed by atoms with van der Waals surface area (Å²) < 4.78 is 0. The summed E-state index contributed by atoms with van der Waals surface area (Å²) in [6.07, 6.45) is 0. The SMILES string of the molecule is CC(NCc1cc([N+](=O)[O-])ccc1Cl)C(=O)N(C)C. The minimum Gasteiger partial charge on any atom is -0.347 e. The van der Waals surface area contributed by atoms with Crippen LogP contribution in [0.4, 0.5) is 5.69 Å². The number of carbonyl (C=O) groups is 1. The summed E-state index contributed by atoms with van der Waals surface area (Å²) in [6.45, 7) is 2.02. The molecule has 1 aromatic rings. The number of nitro groups is 1. The van der Waals surface area contributed by atoms with E-state index in [1.807, 2.05) is 0 Å². The molecule has 1 aromatic carbocycles. The molecule has 1 rings (SSSR count). The third-order valence-electron chi connectivity index (χ3n) is 2.65. The van der Waals surface area contributed by atoms with E-state index < -0.39 is 4.92 Å². The Balaban J connectivity index is 2.75. The molecule has 1 N–H and O–H groups in total. The molecular weight excluding hydrogens is 270 g/mol. The van der Waals surface area contributed by atoms with Gasteiger partial charge in [-0.1, -0.05) is 11.6 Å². The lowest BCUT2D eigenvalue weighted by molar-refractivity contribution is -0.384. The quantitative estimate of drug-likeness (QED) is 0.661. The topological polar surface area (TPSA) is 75.5 Å². The fourth-order valence-corrected chi connectivity index (χ4v) is 1.73. The zero-order valence-electron chi connectivity index (χ0n) is 11.0. The Bertz CT molecular complexity index is 491. The van der Waals surface area contributed by atoms with Gasteiger partial charge in [-0.05, 0) is 18.6 Å². The number of rotatable bonds is 5. The van der Waals surface area contributed by atoms with Gasteiger partial charge in [-0.25, -0.2) is 0 Å². The smallest absolute Gasteiger partial charge is 0.269 e. The number of likely N-dealkylation sites (N-methyl/N-ethyl adjacent to an activating group) is 1. The number of nitro benzene ring substituents is 1. The lowest BCUT2D eigenvalue weighted by Crippen LogP contribution is -2.41. The molecule has 0 radical (unpaired) electrons. The van der Waals surface area contributed by atoms with Crippen molar-refractivity contribution in [2.75, 3.05) is 14.1 Å². The molecule has 19 heavy (non-hydrogen) atoms. The van der Waals surface area contributed by atoms with Crippen LogP contribution in [0.15, 0.2) is 18.2 Å². The van der Waals surface area contributed by atoms with E-state index in [2.05, 4.69) is 5.32 Å². The number of amides is 1. The van der Waals surface area contributed by atoms with E-state index in [4.69, 9.17) is 11.6 Å². The van der Waals surface area contributed by atoms with E-state index in [1.54, 1.807) is 21.0 Å². The number of carbonyl (C=O) groups excluding carboxylic acids is 1. The molecule has 0 aromatic heterocycles. The number of nitrogens with zero attached hydrogens (tertiary/aromatic N) is 2. The van der Waals surface area contributed by atoms with Crippen molar-refractivity contribution in [3.05, 3.63) is 38.9 Å². The van der Waals surface area contributed by atoms with Gasteiger partial charge in [0.2, 0.25) is 5.91 Å². The Morgan fingerprint density at radius 3 is 2.68 bits per heavy atom. The highest BCUT2D eigenvalue weighted by atomic mass is 35.5. The van der Waals surface area contributed by atoms with E-state index in [-0.39, 0.29) is 17.6 Å². The van der Waals surface area contributed by atoms with Gasteiger partial charge in [0.15, 0.2) is 0 Å². The molecule has 0 aliphatic heterocycles. The van der Waals surface area contributed by atoms with E-state index in [1.165, 1.54) is 23.1 Å². The van der Waals surface area contributed by atoms with Crippen molar-refractivity contribution in [1.29, 1.82) is 0 Å². The molecule has 7 heteroatoms. The van der Waals surface area contributed by atoms with Crippen LogP contribution in [0.5, 0.6) is 0 Å². The summed E-state index contributed by atoms with van der Waals surface area (Å²) in [5, 5.41) is 14.1. The highest BCUT2D eigenvalue weighted by Gasteiger charge is 2.15. The molecule has 0 aliphatic rings. The first-order valence-corrected chi connectivity index (χ1v) is 6.08. The van der Waals surface area contributed by atoms with Crippen molar-refractivity contribution < 1.29 is 9.72 Å². The lowest BCUT2D eigenvalue weighted by atomic mass is 10.2. The molecular formula is C12H16ClN3O3. The normalized spacial score (nSPS) is 12.0. The van der Waals surface area contributed by atoms with Crippen molar-refractivity contribution in [2.24, 2.45) is 0 Å². The zero-order valence-corrected chi connectivity index (χ0v) is 11.8. The van der Waals surface area contributed by atoms with Crippen LogP contribution in [0.25, 0.3) is 0 Å². The number of halogens is 1. The first kappa shape index (κ1) is 15.4. The van der Waals surface area contributed by atoms with Crippen molar-refractivity contribution >= 4 is 23.2 Å². The third kappa shape index (κ3) is 4.18. The molecule has 0 bridgehead atoms. The van der Waals surface area contributed by atoms with Gasteiger partial charge in [-0.3, -0.25) is 14.9 Å². The van der Waals surface area contributed by atoms with Crippen LogP contribution < -0.4 is 5.32 Å². The second kappa shape index (κ2) is 6.49. The van der Waals surface area contributed by atoms with Gasteiger partial charge in [0, 0.05) is 37.8 Å². The van der Waals surface area contributed by atoms with Gasteiger partial charge in [-0.15, -0.1) is 0 Å². The second-order valence-electron chi connectivity index (χ2n) is 4.37. The Morgan fingerprint density at radius 2 is 2.16 bits per heavy atom. The van der Waals surface area contributed by atoms with Crippen LogP contribution in [0.3, 0.4) is 0 Å². The molecule has 6 nitrogen and oxygen atoms in total. The van der Waals surface area contributed by atoms with E-state index >= 15 is 0 Å². The number of nitrogens with one attached hydrogen (secondary N) is 1. The Morgan fingerprint density at radius 1 is 1.53 bits per heavy atom. The molecule has 0 saturated carbocycles. The van der Waals surface area contributed by atoms with Gasteiger partial charge in [0.05, 0.1) is 11.0 Å². The third-order valence-corrected chi connectivity index (χ3v) is 3.02. The maximum atomic E-state index is 11.6. The van der Waals surface area contributed by atoms with Crippen LogP contribution >= 0.6 is 11.6 Å². The monoisotopic (exact) mass is 285 g/mol. The van der Waals surface area contributed by atoms with E-state index in [0.717, 1.165) is 0 Å². The van der Waals surface area contributed by atoms with Gasteiger partial charge in [-0.2, -0.15) is 0 Å². The van der Waals surface area contributed by atoms with Gasteiger partial charge < -0.3 is 10.2 Å². The molecule has 1 amide bonds. The summed E-state index contributed by atoms with van der Waals surface area (Å²) >= 11 is 5.97. The lowest BCUT2D eigenvalue weighted by Gasteiger charge is -2.18. The molecule has 0 saturated heterocycles.